The van der Waals surface area contributed by atoms with Gasteiger partial charge < -0.3 is 4.90 Å². The number of benzene rings is 1. The number of rotatable bonds is 6. The van der Waals surface area contributed by atoms with Crippen LogP contribution in [-0.4, -0.2) is 73.7 Å². The number of hydrogen-bond acceptors (Lipinski definition) is 4. The summed E-state index contributed by atoms with van der Waals surface area (Å²) in [7, 11) is -3.48. The number of carbonyl (C=O) groups excluding carboxylic acids is 1. The molecule has 1 aromatic carbocycles. The summed E-state index contributed by atoms with van der Waals surface area (Å²) in [5.41, 5.74) is 1.17. The van der Waals surface area contributed by atoms with Gasteiger partial charge in [0.05, 0.1) is 11.4 Å². The van der Waals surface area contributed by atoms with Crippen LogP contribution in [-0.2, 0) is 14.8 Å². The van der Waals surface area contributed by atoms with Crippen LogP contribution in [0.1, 0.15) is 57.9 Å². The van der Waals surface area contributed by atoms with Crippen molar-refractivity contribution in [2.45, 2.75) is 63.3 Å². The van der Waals surface area contributed by atoms with Crippen molar-refractivity contribution in [3.63, 3.8) is 0 Å². The standard InChI is InChI=1S/C22H35N3O3S/c1-4-18(2)20-8-10-21(11-9-20)29(27,28)24-15-13-23(14-16-24)17-22(26)25-12-6-5-7-19(25)3/h8-11,18-19H,4-7,12-17H2,1-3H3. The molecule has 0 aliphatic carbocycles. The second-order valence-electron chi connectivity index (χ2n) is 8.49. The molecule has 2 saturated heterocycles. The van der Waals surface area contributed by atoms with Crippen molar-refractivity contribution in [3.05, 3.63) is 29.8 Å². The molecule has 2 aliphatic rings. The molecule has 0 aromatic heterocycles. The maximum Gasteiger partial charge on any atom is 0.243 e. The Kier molecular flexibility index (Phi) is 7.35. The highest BCUT2D eigenvalue weighted by molar-refractivity contribution is 7.89. The third-order valence-corrected chi connectivity index (χ3v) is 8.43. The summed E-state index contributed by atoms with van der Waals surface area (Å²) in [6.45, 7) is 9.68. The van der Waals surface area contributed by atoms with Gasteiger partial charge >= 0.3 is 0 Å². The van der Waals surface area contributed by atoms with E-state index < -0.39 is 10.0 Å². The normalized spacial score (nSPS) is 23.1. The molecule has 2 atom stereocenters. The molecular weight excluding hydrogens is 386 g/mol. The van der Waals surface area contributed by atoms with Gasteiger partial charge in [0.15, 0.2) is 0 Å². The summed E-state index contributed by atoms with van der Waals surface area (Å²) < 4.78 is 27.5. The molecule has 0 radical (unpaired) electrons. The van der Waals surface area contributed by atoms with Crippen LogP contribution in [0.15, 0.2) is 29.2 Å². The van der Waals surface area contributed by atoms with E-state index in [-0.39, 0.29) is 5.91 Å². The number of likely N-dealkylation sites (tertiary alicyclic amines) is 1. The molecule has 1 aromatic rings. The van der Waals surface area contributed by atoms with Crippen molar-refractivity contribution in [1.82, 2.24) is 14.1 Å². The van der Waals surface area contributed by atoms with Gasteiger partial charge in [-0.1, -0.05) is 26.0 Å². The summed E-state index contributed by atoms with van der Waals surface area (Å²) >= 11 is 0. The van der Waals surface area contributed by atoms with E-state index in [4.69, 9.17) is 0 Å². The van der Waals surface area contributed by atoms with Crippen LogP contribution >= 0.6 is 0 Å². The average Bonchev–Trinajstić information content (AvgIpc) is 2.74. The predicted octanol–water partition coefficient (Wildman–Crippen LogP) is 2.91. The van der Waals surface area contributed by atoms with Crippen molar-refractivity contribution in [3.8, 4) is 0 Å². The second-order valence-corrected chi connectivity index (χ2v) is 10.4. The minimum absolute atomic E-state index is 0.175. The lowest BCUT2D eigenvalue weighted by Crippen LogP contribution is -2.53. The first-order chi connectivity index (χ1) is 13.8. The Hall–Kier alpha value is -1.44. The second kappa shape index (κ2) is 9.58. The number of carbonyl (C=O) groups is 1. The van der Waals surface area contributed by atoms with Crippen molar-refractivity contribution in [2.75, 3.05) is 39.3 Å². The van der Waals surface area contributed by atoms with Crippen molar-refractivity contribution < 1.29 is 13.2 Å². The maximum atomic E-state index is 13.0. The van der Waals surface area contributed by atoms with Gasteiger partial charge in [-0.15, -0.1) is 0 Å². The molecule has 2 unspecified atom stereocenters. The van der Waals surface area contributed by atoms with Gasteiger partial charge in [0.2, 0.25) is 15.9 Å². The zero-order valence-corrected chi connectivity index (χ0v) is 18.8. The highest BCUT2D eigenvalue weighted by Gasteiger charge is 2.31. The van der Waals surface area contributed by atoms with E-state index in [1.165, 1.54) is 12.0 Å². The molecule has 3 rings (SSSR count). The van der Waals surface area contributed by atoms with Crippen molar-refractivity contribution in [2.24, 2.45) is 0 Å². The van der Waals surface area contributed by atoms with Gasteiger partial charge in [0, 0.05) is 38.8 Å². The molecule has 2 heterocycles. The third kappa shape index (κ3) is 5.19. The van der Waals surface area contributed by atoms with E-state index in [2.05, 4.69) is 25.7 Å². The Morgan fingerprint density at radius 3 is 2.31 bits per heavy atom. The molecule has 7 heteroatoms. The smallest absolute Gasteiger partial charge is 0.243 e. The van der Waals surface area contributed by atoms with Gasteiger partial charge in [-0.05, 0) is 56.2 Å². The zero-order chi connectivity index (χ0) is 21.0. The highest BCUT2D eigenvalue weighted by Crippen LogP contribution is 2.23. The van der Waals surface area contributed by atoms with Crippen LogP contribution in [0.2, 0.25) is 0 Å². The lowest BCUT2D eigenvalue weighted by atomic mass is 9.99. The molecule has 0 N–H and O–H groups in total. The fraction of sp³-hybridized carbons (Fsp3) is 0.682. The van der Waals surface area contributed by atoms with E-state index in [0.717, 1.165) is 25.8 Å². The van der Waals surface area contributed by atoms with Crippen molar-refractivity contribution >= 4 is 15.9 Å². The molecular formula is C22H35N3O3S. The average molecular weight is 422 g/mol. The molecule has 2 fully saturated rings. The van der Waals surface area contributed by atoms with E-state index in [1.807, 2.05) is 17.0 Å². The number of amides is 1. The van der Waals surface area contributed by atoms with E-state index >= 15 is 0 Å². The first-order valence-electron chi connectivity index (χ1n) is 10.9. The SMILES string of the molecule is CCC(C)c1ccc(S(=O)(=O)N2CCN(CC(=O)N3CCCCC3C)CC2)cc1. The minimum atomic E-state index is -3.48. The van der Waals surface area contributed by atoms with Crippen LogP contribution in [0, 0.1) is 0 Å². The van der Waals surface area contributed by atoms with Crippen molar-refractivity contribution in [1.29, 1.82) is 0 Å². The molecule has 1 amide bonds. The topological polar surface area (TPSA) is 60.9 Å². The molecule has 162 valence electrons. The summed E-state index contributed by atoms with van der Waals surface area (Å²) in [6.07, 6.45) is 4.38. The highest BCUT2D eigenvalue weighted by atomic mass is 32.2. The molecule has 0 bridgehead atoms. The molecule has 2 aliphatic heterocycles. The van der Waals surface area contributed by atoms with Gasteiger partial charge in [0.1, 0.15) is 0 Å². The first-order valence-corrected chi connectivity index (χ1v) is 12.4. The zero-order valence-electron chi connectivity index (χ0n) is 18.0. The summed E-state index contributed by atoms with van der Waals surface area (Å²) in [5, 5.41) is 0. The Bertz CT molecular complexity index is 786. The lowest BCUT2D eigenvalue weighted by molar-refractivity contribution is -0.135. The minimum Gasteiger partial charge on any atom is -0.339 e. The van der Waals surface area contributed by atoms with Gasteiger partial charge in [0.25, 0.3) is 0 Å². The van der Waals surface area contributed by atoms with E-state index in [0.29, 0.717) is 49.6 Å². The summed E-state index contributed by atoms with van der Waals surface area (Å²) in [5.74, 6) is 0.601. The molecule has 6 nitrogen and oxygen atoms in total. The van der Waals surface area contributed by atoms with Crippen LogP contribution in [0.5, 0.6) is 0 Å². The van der Waals surface area contributed by atoms with Crippen LogP contribution in [0.3, 0.4) is 0 Å². The van der Waals surface area contributed by atoms with Gasteiger partial charge in [-0.2, -0.15) is 4.31 Å². The number of piperazine rings is 1. The summed E-state index contributed by atoms with van der Waals surface area (Å²) in [6, 6.07) is 7.62. The fourth-order valence-electron chi connectivity index (χ4n) is 4.23. The number of nitrogens with zero attached hydrogens (tertiary/aromatic N) is 3. The van der Waals surface area contributed by atoms with Gasteiger partial charge in [-0.25, -0.2) is 8.42 Å². The van der Waals surface area contributed by atoms with Crippen LogP contribution < -0.4 is 0 Å². The van der Waals surface area contributed by atoms with E-state index in [9.17, 15) is 13.2 Å². The largest absolute Gasteiger partial charge is 0.339 e. The first kappa shape index (κ1) is 22.2. The fourth-order valence-corrected chi connectivity index (χ4v) is 5.65. The predicted molar refractivity (Wildman–Crippen MR) is 115 cm³/mol. The maximum absolute atomic E-state index is 13.0. The summed E-state index contributed by atoms with van der Waals surface area (Å²) in [4.78, 5) is 17.1. The Morgan fingerprint density at radius 2 is 1.72 bits per heavy atom. The third-order valence-electron chi connectivity index (χ3n) is 6.51. The lowest BCUT2D eigenvalue weighted by Gasteiger charge is -2.37. The number of hydrogen-bond donors (Lipinski definition) is 0. The molecule has 0 saturated carbocycles. The quantitative estimate of drug-likeness (QED) is 0.709. The number of sulfonamides is 1. The molecule has 0 spiro atoms. The Balaban J connectivity index is 1.56. The van der Waals surface area contributed by atoms with Crippen LogP contribution in [0.25, 0.3) is 0 Å². The van der Waals surface area contributed by atoms with Crippen LogP contribution in [0.4, 0.5) is 0 Å². The Labute approximate surface area is 175 Å². The number of piperidine rings is 1. The Morgan fingerprint density at radius 1 is 1.07 bits per heavy atom. The monoisotopic (exact) mass is 421 g/mol. The van der Waals surface area contributed by atoms with E-state index in [1.54, 1.807) is 16.4 Å². The van der Waals surface area contributed by atoms with Gasteiger partial charge in [-0.3, -0.25) is 9.69 Å². The molecule has 29 heavy (non-hydrogen) atoms.